The standard InChI is InChI=1S/C15H21NO3/c1-2-8-19-14-5-3-4-13(9-14)15(18)16-7-6-12(10-16)11-17/h3-5,9,12,17H,2,6-8,10-11H2,1H3. The maximum Gasteiger partial charge on any atom is 0.253 e. The molecule has 1 aliphatic heterocycles. The Morgan fingerprint density at radius 1 is 1.53 bits per heavy atom. The summed E-state index contributed by atoms with van der Waals surface area (Å²) in [7, 11) is 0. The SMILES string of the molecule is CCCOc1cccc(C(=O)N2CCC(CO)C2)c1. The van der Waals surface area contributed by atoms with Crippen molar-refractivity contribution in [2.75, 3.05) is 26.3 Å². The number of carbonyl (C=O) groups excluding carboxylic acids is 1. The van der Waals surface area contributed by atoms with Crippen LogP contribution in [0.3, 0.4) is 0 Å². The first-order valence-corrected chi connectivity index (χ1v) is 6.87. The molecule has 104 valence electrons. The highest BCUT2D eigenvalue weighted by Gasteiger charge is 2.26. The number of aliphatic hydroxyl groups excluding tert-OH is 1. The summed E-state index contributed by atoms with van der Waals surface area (Å²) in [6.45, 7) is 4.24. The van der Waals surface area contributed by atoms with Gasteiger partial charge in [0.25, 0.3) is 5.91 Å². The summed E-state index contributed by atoms with van der Waals surface area (Å²) in [4.78, 5) is 14.1. The van der Waals surface area contributed by atoms with Crippen molar-refractivity contribution in [1.82, 2.24) is 4.90 Å². The Balaban J connectivity index is 2.02. The van der Waals surface area contributed by atoms with Crippen molar-refractivity contribution in [2.24, 2.45) is 5.92 Å². The average Bonchev–Trinajstić information content (AvgIpc) is 2.93. The third-order valence-corrected chi connectivity index (χ3v) is 3.39. The van der Waals surface area contributed by atoms with Crippen molar-refractivity contribution in [3.05, 3.63) is 29.8 Å². The fourth-order valence-electron chi connectivity index (χ4n) is 2.29. The number of amides is 1. The van der Waals surface area contributed by atoms with Gasteiger partial charge in [0.15, 0.2) is 0 Å². The van der Waals surface area contributed by atoms with Crippen LogP contribution in [-0.4, -0.2) is 42.2 Å². The second-order valence-corrected chi connectivity index (χ2v) is 4.96. The minimum Gasteiger partial charge on any atom is -0.494 e. The second kappa shape index (κ2) is 6.57. The number of aliphatic hydroxyl groups is 1. The van der Waals surface area contributed by atoms with E-state index in [2.05, 4.69) is 0 Å². The Hall–Kier alpha value is -1.55. The third kappa shape index (κ3) is 3.47. The average molecular weight is 263 g/mol. The largest absolute Gasteiger partial charge is 0.494 e. The van der Waals surface area contributed by atoms with Gasteiger partial charge >= 0.3 is 0 Å². The van der Waals surface area contributed by atoms with Crippen LogP contribution in [0.4, 0.5) is 0 Å². The minimum absolute atomic E-state index is 0.0258. The highest BCUT2D eigenvalue weighted by molar-refractivity contribution is 5.94. The number of hydrogen-bond donors (Lipinski definition) is 1. The normalized spacial score (nSPS) is 18.6. The van der Waals surface area contributed by atoms with Crippen LogP contribution in [0.25, 0.3) is 0 Å². The molecule has 1 atom stereocenters. The van der Waals surface area contributed by atoms with Gasteiger partial charge in [0.2, 0.25) is 0 Å². The maximum absolute atomic E-state index is 12.3. The molecule has 0 bridgehead atoms. The first-order chi connectivity index (χ1) is 9.24. The molecule has 0 aromatic heterocycles. The molecule has 0 aliphatic carbocycles. The topological polar surface area (TPSA) is 49.8 Å². The number of ether oxygens (including phenoxy) is 1. The van der Waals surface area contributed by atoms with E-state index in [-0.39, 0.29) is 18.4 Å². The molecule has 1 aliphatic rings. The van der Waals surface area contributed by atoms with Gasteiger partial charge in [-0.1, -0.05) is 13.0 Å². The van der Waals surface area contributed by atoms with Crippen LogP contribution in [0.1, 0.15) is 30.1 Å². The zero-order valence-electron chi connectivity index (χ0n) is 11.3. The molecule has 1 unspecified atom stereocenters. The van der Waals surface area contributed by atoms with E-state index in [4.69, 9.17) is 9.84 Å². The van der Waals surface area contributed by atoms with E-state index >= 15 is 0 Å². The minimum atomic E-state index is 0.0258. The lowest BCUT2D eigenvalue weighted by molar-refractivity contribution is 0.0781. The van der Waals surface area contributed by atoms with Crippen molar-refractivity contribution < 1.29 is 14.6 Å². The Labute approximate surface area is 114 Å². The summed E-state index contributed by atoms with van der Waals surface area (Å²) in [5.41, 5.74) is 0.659. The number of nitrogens with zero attached hydrogens (tertiary/aromatic N) is 1. The summed E-state index contributed by atoms with van der Waals surface area (Å²) in [5, 5.41) is 9.12. The first kappa shape index (κ1) is 13.9. The van der Waals surface area contributed by atoms with Crippen LogP contribution in [0.15, 0.2) is 24.3 Å². The van der Waals surface area contributed by atoms with E-state index in [1.165, 1.54) is 0 Å². The summed E-state index contributed by atoms with van der Waals surface area (Å²) in [6, 6.07) is 7.32. The molecule has 1 saturated heterocycles. The second-order valence-electron chi connectivity index (χ2n) is 4.96. The molecule has 0 radical (unpaired) electrons. The molecule has 2 rings (SSSR count). The van der Waals surface area contributed by atoms with Crippen LogP contribution in [0, 0.1) is 5.92 Å². The van der Waals surface area contributed by atoms with Crippen molar-refractivity contribution in [3.8, 4) is 5.75 Å². The van der Waals surface area contributed by atoms with Gasteiger partial charge in [-0.2, -0.15) is 0 Å². The molecule has 4 heteroatoms. The molecule has 0 saturated carbocycles. The Kier molecular flexibility index (Phi) is 4.80. The number of rotatable bonds is 5. The number of benzene rings is 1. The summed E-state index contributed by atoms with van der Waals surface area (Å²) >= 11 is 0. The van der Waals surface area contributed by atoms with Crippen LogP contribution in [-0.2, 0) is 0 Å². The van der Waals surface area contributed by atoms with Crippen LogP contribution >= 0.6 is 0 Å². The third-order valence-electron chi connectivity index (χ3n) is 3.39. The van der Waals surface area contributed by atoms with Crippen molar-refractivity contribution in [3.63, 3.8) is 0 Å². The molecule has 1 N–H and O–H groups in total. The van der Waals surface area contributed by atoms with Gasteiger partial charge in [0.1, 0.15) is 5.75 Å². The highest BCUT2D eigenvalue weighted by atomic mass is 16.5. The van der Waals surface area contributed by atoms with Crippen molar-refractivity contribution >= 4 is 5.91 Å². The van der Waals surface area contributed by atoms with E-state index in [9.17, 15) is 4.79 Å². The number of carbonyl (C=O) groups is 1. The van der Waals surface area contributed by atoms with Crippen molar-refractivity contribution in [1.29, 1.82) is 0 Å². The maximum atomic E-state index is 12.3. The lowest BCUT2D eigenvalue weighted by Crippen LogP contribution is -2.29. The predicted octanol–water partition coefficient (Wildman–Crippen LogP) is 1.93. The fraction of sp³-hybridized carbons (Fsp3) is 0.533. The van der Waals surface area contributed by atoms with Gasteiger partial charge < -0.3 is 14.7 Å². The molecular formula is C15H21NO3. The van der Waals surface area contributed by atoms with Gasteiger partial charge in [0.05, 0.1) is 6.61 Å². The molecule has 1 amide bonds. The molecule has 1 aromatic carbocycles. The molecule has 4 nitrogen and oxygen atoms in total. The Morgan fingerprint density at radius 3 is 3.05 bits per heavy atom. The Morgan fingerprint density at radius 2 is 2.37 bits per heavy atom. The molecule has 1 aromatic rings. The molecule has 1 heterocycles. The van der Waals surface area contributed by atoms with E-state index < -0.39 is 0 Å². The first-order valence-electron chi connectivity index (χ1n) is 6.87. The lowest BCUT2D eigenvalue weighted by Gasteiger charge is -2.16. The number of hydrogen-bond acceptors (Lipinski definition) is 3. The monoisotopic (exact) mass is 263 g/mol. The van der Waals surface area contributed by atoms with Gasteiger partial charge in [-0.05, 0) is 31.0 Å². The predicted molar refractivity (Wildman–Crippen MR) is 73.3 cm³/mol. The summed E-state index contributed by atoms with van der Waals surface area (Å²) in [6.07, 6.45) is 1.83. The summed E-state index contributed by atoms with van der Waals surface area (Å²) in [5.74, 6) is 0.993. The van der Waals surface area contributed by atoms with E-state index in [0.717, 1.165) is 25.1 Å². The quantitative estimate of drug-likeness (QED) is 0.883. The molecule has 0 spiro atoms. The summed E-state index contributed by atoms with van der Waals surface area (Å²) < 4.78 is 5.54. The van der Waals surface area contributed by atoms with Crippen LogP contribution in [0.5, 0.6) is 5.75 Å². The smallest absolute Gasteiger partial charge is 0.253 e. The molecule has 1 fully saturated rings. The van der Waals surface area contributed by atoms with E-state index in [1.54, 1.807) is 11.0 Å². The van der Waals surface area contributed by atoms with Gasteiger partial charge in [-0.15, -0.1) is 0 Å². The van der Waals surface area contributed by atoms with Gasteiger partial charge in [-0.3, -0.25) is 4.79 Å². The van der Waals surface area contributed by atoms with E-state index in [0.29, 0.717) is 18.7 Å². The van der Waals surface area contributed by atoms with E-state index in [1.807, 2.05) is 25.1 Å². The van der Waals surface area contributed by atoms with Gasteiger partial charge in [-0.25, -0.2) is 0 Å². The van der Waals surface area contributed by atoms with Crippen LogP contribution < -0.4 is 4.74 Å². The zero-order chi connectivity index (χ0) is 13.7. The van der Waals surface area contributed by atoms with Crippen molar-refractivity contribution in [2.45, 2.75) is 19.8 Å². The molecular weight excluding hydrogens is 242 g/mol. The molecule has 19 heavy (non-hydrogen) atoms. The fourth-order valence-corrected chi connectivity index (χ4v) is 2.29. The zero-order valence-corrected chi connectivity index (χ0v) is 11.3. The number of likely N-dealkylation sites (tertiary alicyclic amines) is 1. The van der Waals surface area contributed by atoms with Crippen LogP contribution in [0.2, 0.25) is 0 Å². The van der Waals surface area contributed by atoms with Gasteiger partial charge in [0, 0.05) is 31.2 Å². The highest BCUT2D eigenvalue weighted by Crippen LogP contribution is 2.20. The Bertz CT molecular complexity index is 433. The lowest BCUT2D eigenvalue weighted by atomic mass is 10.1.